The van der Waals surface area contributed by atoms with Crippen molar-refractivity contribution in [1.82, 2.24) is 9.71 Å². The van der Waals surface area contributed by atoms with E-state index in [9.17, 15) is 12.8 Å². The minimum atomic E-state index is -3.18. The van der Waals surface area contributed by atoms with Crippen molar-refractivity contribution < 1.29 is 12.8 Å². The summed E-state index contributed by atoms with van der Waals surface area (Å²) in [6.07, 6.45) is 0.536. The molecule has 104 valence electrons. The number of nitrogens with one attached hydrogen (secondary N) is 2. The SMILES string of the molecule is CCS(=O)(=O)NCCc1c(C)[nH]c2ccc(F)cc12. The molecule has 2 rings (SSSR count). The number of aromatic nitrogens is 1. The molecule has 0 amide bonds. The molecule has 0 unspecified atom stereocenters. The van der Waals surface area contributed by atoms with Crippen molar-refractivity contribution in [2.45, 2.75) is 20.3 Å². The Morgan fingerprint density at radius 2 is 2.11 bits per heavy atom. The second kappa shape index (κ2) is 5.30. The number of halogens is 1. The van der Waals surface area contributed by atoms with Crippen molar-refractivity contribution in [3.8, 4) is 0 Å². The fourth-order valence-corrected chi connectivity index (χ4v) is 2.73. The Labute approximate surface area is 112 Å². The molecule has 1 heterocycles. The highest BCUT2D eigenvalue weighted by Gasteiger charge is 2.11. The maximum Gasteiger partial charge on any atom is 0.211 e. The van der Waals surface area contributed by atoms with Gasteiger partial charge < -0.3 is 4.98 Å². The van der Waals surface area contributed by atoms with E-state index in [4.69, 9.17) is 0 Å². The van der Waals surface area contributed by atoms with Crippen LogP contribution in [-0.2, 0) is 16.4 Å². The monoisotopic (exact) mass is 284 g/mol. The van der Waals surface area contributed by atoms with Crippen molar-refractivity contribution in [3.05, 3.63) is 35.3 Å². The quantitative estimate of drug-likeness (QED) is 0.883. The van der Waals surface area contributed by atoms with Gasteiger partial charge in [0.15, 0.2) is 0 Å². The largest absolute Gasteiger partial charge is 0.358 e. The third-order valence-corrected chi connectivity index (χ3v) is 4.56. The molecular formula is C13H17FN2O2S. The molecule has 19 heavy (non-hydrogen) atoms. The molecule has 1 aromatic carbocycles. The van der Waals surface area contributed by atoms with Gasteiger partial charge in [0.2, 0.25) is 10.0 Å². The van der Waals surface area contributed by atoms with Gasteiger partial charge in [-0.3, -0.25) is 0 Å². The van der Waals surface area contributed by atoms with E-state index >= 15 is 0 Å². The van der Waals surface area contributed by atoms with Crippen molar-refractivity contribution in [2.24, 2.45) is 0 Å². The standard InChI is InChI=1S/C13H17FN2O2S/c1-3-19(17,18)15-7-6-11-9(2)16-13-5-4-10(14)8-12(11)13/h4-5,8,15-16H,3,6-7H2,1-2H3. The maximum absolute atomic E-state index is 13.3. The van der Waals surface area contributed by atoms with Gasteiger partial charge in [-0.05, 0) is 44.0 Å². The number of benzene rings is 1. The molecule has 4 nitrogen and oxygen atoms in total. The number of H-pyrrole nitrogens is 1. The highest BCUT2D eigenvalue weighted by atomic mass is 32.2. The third kappa shape index (κ3) is 3.13. The fourth-order valence-electron chi connectivity index (χ4n) is 2.11. The van der Waals surface area contributed by atoms with E-state index in [0.29, 0.717) is 13.0 Å². The Morgan fingerprint density at radius 1 is 1.37 bits per heavy atom. The number of sulfonamides is 1. The van der Waals surface area contributed by atoms with Gasteiger partial charge in [0.1, 0.15) is 5.82 Å². The van der Waals surface area contributed by atoms with Crippen LogP contribution >= 0.6 is 0 Å². The lowest BCUT2D eigenvalue weighted by atomic mass is 10.1. The van der Waals surface area contributed by atoms with Crippen molar-refractivity contribution >= 4 is 20.9 Å². The number of hydrogen-bond acceptors (Lipinski definition) is 2. The highest BCUT2D eigenvalue weighted by molar-refractivity contribution is 7.89. The first-order chi connectivity index (χ1) is 8.93. The fraction of sp³-hybridized carbons (Fsp3) is 0.385. The van der Waals surface area contributed by atoms with E-state index in [0.717, 1.165) is 22.2 Å². The molecule has 0 fully saturated rings. The minimum absolute atomic E-state index is 0.0640. The molecule has 0 radical (unpaired) electrons. The first kappa shape index (κ1) is 14.0. The van der Waals surface area contributed by atoms with Crippen LogP contribution in [0.15, 0.2) is 18.2 Å². The molecule has 0 atom stereocenters. The van der Waals surface area contributed by atoms with Crippen LogP contribution in [0.25, 0.3) is 10.9 Å². The van der Waals surface area contributed by atoms with Gasteiger partial charge in [-0.15, -0.1) is 0 Å². The Kier molecular flexibility index (Phi) is 3.91. The Balaban J connectivity index is 2.21. The molecule has 2 N–H and O–H groups in total. The summed E-state index contributed by atoms with van der Waals surface area (Å²) in [5, 5.41) is 0.813. The third-order valence-electron chi connectivity index (χ3n) is 3.16. The molecule has 6 heteroatoms. The van der Waals surface area contributed by atoms with Gasteiger partial charge in [-0.2, -0.15) is 0 Å². The van der Waals surface area contributed by atoms with E-state index in [1.807, 2.05) is 6.92 Å². The van der Waals surface area contributed by atoms with Gasteiger partial charge in [0.05, 0.1) is 5.75 Å². The molecule has 0 aliphatic carbocycles. The topological polar surface area (TPSA) is 62.0 Å². The van der Waals surface area contributed by atoms with Gasteiger partial charge in [-0.25, -0.2) is 17.5 Å². The zero-order valence-corrected chi connectivity index (χ0v) is 11.8. The number of aromatic amines is 1. The normalized spacial score (nSPS) is 12.2. The van der Waals surface area contributed by atoms with E-state index in [-0.39, 0.29) is 11.6 Å². The lowest BCUT2D eigenvalue weighted by molar-refractivity contribution is 0.583. The van der Waals surface area contributed by atoms with Crippen LogP contribution in [0.5, 0.6) is 0 Å². The molecule has 0 spiro atoms. The molecule has 1 aromatic heterocycles. The first-order valence-corrected chi connectivity index (χ1v) is 7.82. The van der Waals surface area contributed by atoms with Gasteiger partial charge in [0.25, 0.3) is 0 Å². The molecule has 0 saturated carbocycles. The summed E-state index contributed by atoms with van der Waals surface area (Å²) in [5.74, 6) is -0.226. The van der Waals surface area contributed by atoms with Gasteiger partial charge in [-0.1, -0.05) is 0 Å². The smallest absolute Gasteiger partial charge is 0.211 e. The van der Waals surface area contributed by atoms with Crippen LogP contribution in [0.1, 0.15) is 18.2 Å². The Morgan fingerprint density at radius 3 is 2.79 bits per heavy atom. The van der Waals surface area contributed by atoms with Crippen LogP contribution in [0.3, 0.4) is 0 Å². The van der Waals surface area contributed by atoms with Crippen LogP contribution in [0.4, 0.5) is 4.39 Å². The predicted molar refractivity (Wildman–Crippen MR) is 74.2 cm³/mol. The van der Waals surface area contributed by atoms with Gasteiger partial charge in [0, 0.05) is 23.1 Å². The predicted octanol–water partition coefficient (Wildman–Crippen LogP) is 2.10. The van der Waals surface area contributed by atoms with Crippen LogP contribution in [0.2, 0.25) is 0 Å². The lowest BCUT2D eigenvalue weighted by Gasteiger charge is -2.05. The van der Waals surface area contributed by atoms with E-state index in [1.54, 1.807) is 13.0 Å². The van der Waals surface area contributed by atoms with Gasteiger partial charge >= 0.3 is 0 Å². The number of hydrogen-bond donors (Lipinski definition) is 2. The summed E-state index contributed by atoms with van der Waals surface area (Å²) in [7, 11) is -3.18. The summed E-state index contributed by atoms with van der Waals surface area (Å²) in [4.78, 5) is 3.17. The van der Waals surface area contributed by atoms with Crippen LogP contribution in [0, 0.1) is 12.7 Å². The second-order valence-corrected chi connectivity index (χ2v) is 6.56. The maximum atomic E-state index is 13.3. The van der Waals surface area contributed by atoms with Crippen LogP contribution in [-0.4, -0.2) is 25.7 Å². The first-order valence-electron chi connectivity index (χ1n) is 6.17. The summed E-state index contributed by atoms with van der Waals surface area (Å²) < 4.78 is 38.5. The number of fused-ring (bicyclic) bond motifs is 1. The summed E-state index contributed by atoms with van der Waals surface area (Å²) in [6.45, 7) is 3.82. The van der Waals surface area contributed by atoms with Crippen molar-refractivity contribution in [2.75, 3.05) is 12.3 Å². The van der Waals surface area contributed by atoms with E-state index in [2.05, 4.69) is 9.71 Å². The molecule has 0 aliphatic rings. The molecular weight excluding hydrogens is 267 g/mol. The second-order valence-electron chi connectivity index (χ2n) is 4.47. The average molecular weight is 284 g/mol. The zero-order valence-electron chi connectivity index (χ0n) is 11.0. The molecule has 2 aromatic rings. The Hall–Kier alpha value is -1.40. The summed E-state index contributed by atoms with van der Waals surface area (Å²) in [6, 6.07) is 4.57. The lowest BCUT2D eigenvalue weighted by Crippen LogP contribution is -2.27. The van der Waals surface area contributed by atoms with Crippen LogP contribution < -0.4 is 4.72 Å². The summed E-state index contributed by atoms with van der Waals surface area (Å²) >= 11 is 0. The number of rotatable bonds is 5. The average Bonchev–Trinajstić information content (AvgIpc) is 2.66. The highest BCUT2D eigenvalue weighted by Crippen LogP contribution is 2.23. The zero-order chi connectivity index (χ0) is 14.0. The molecule has 0 saturated heterocycles. The molecule has 0 aliphatic heterocycles. The van der Waals surface area contributed by atoms with E-state index in [1.165, 1.54) is 12.1 Å². The number of aryl methyl sites for hydroxylation is 1. The van der Waals surface area contributed by atoms with E-state index < -0.39 is 10.0 Å². The molecule has 0 bridgehead atoms. The minimum Gasteiger partial charge on any atom is -0.358 e. The van der Waals surface area contributed by atoms with Crippen molar-refractivity contribution in [3.63, 3.8) is 0 Å². The Bertz CT molecular complexity index is 692. The summed E-state index contributed by atoms with van der Waals surface area (Å²) in [5.41, 5.74) is 2.76. The van der Waals surface area contributed by atoms with Crippen molar-refractivity contribution in [1.29, 1.82) is 0 Å².